The number of hydrogen-bond donors (Lipinski definition) is 0. The van der Waals surface area contributed by atoms with Gasteiger partial charge in [0.25, 0.3) is 5.92 Å². The molecule has 1 aliphatic heterocycles. The van der Waals surface area contributed by atoms with Crippen molar-refractivity contribution in [2.24, 2.45) is 4.99 Å². The van der Waals surface area contributed by atoms with Crippen LogP contribution in [0.4, 0.5) is 8.78 Å². The molecule has 0 atom stereocenters. The van der Waals surface area contributed by atoms with E-state index >= 15 is 0 Å². The highest BCUT2D eigenvalue weighted by molar-refractivity contribution is 7.16. The Kier molecular flexibility index (Phi) is 2.77. The maximum atomic E-state index is 14.6. The molecule has 4 heterocycles. The molecule has 4 rings (SSSR count). The van der Waals surface area contributed by atoms with Crippen molar-refractivity contribution in [3.05, 3.63) is 45.1 Å². The minimum absolute atomic E-state index is 0.0275. The summed E-state index contributed by atoms with van der Waals surface area (Å²) in [5.74, 6) is -2.99. The van der Waals surface area contributed by atoms with Gasteiger partial charge in [0.2, 0.25) is 0 Å². The maximum Gasteiger partial charge on any atom is 0.298 e. The number of aliphatic imine (C=N–C) groups is 1. The summed E-state index contributed by atoms with van der Waals surface area (Å²) in [6.07, 6.45) is 0. The molecule has 0 aromatic carbocycles. The van der Waals surface area contributed by atoms with Crippen molar-refractivity contribution in [3.8, 4) is 0 Å². The van der Waals surface area contributed by atoms with Crippen molar-refractivity contribution in [2.45, 2.75) is 25.3 Å². The monoisotopic (exact) mass is 335 g/mol. The van der Waals surface area contributed by atoms with E-state index < -0.39 is 11.5 Å². The summed E-state index contributed by atoms with van der Waals surface area (Å²) >= 11 is 2.76. The summed E-state index contributed by atoms with van der Waals surface area (Å²) in [6.45, 7) is 2.90. The molecule has 3 nitrogen and oxygen atoms in total. The molecule has 22 heavy (non-hydrogen) atoms. The first-order valence-corrected chi connectivity index (χ1v) is 8.43. The lowest BCUT2D eigenvalue weighted by atomic mass is 9.86. The van der Waals surface area contributed by atoms with Crippen LogP contribution in [0.25, 0.3) is 10.2 Å². The second-order valence-electron chi connectivity index (χ2n) is 5.67. The lowest BCUT2D eigenvalue weighted by Crippen LogP contribution is -2.43. The molecule has 0 saturated heterocycles. The SMILES string of the molecule is CC1(C)N=C(c2cc3ccsc3nn2)c2sccc2C1(F)F. The summed E-state index contributed by atoms with van der Waals surface area (Å²) < 4.78 is 29.1. The zero-order valence-electron chi connectivity index (χ0n) is 11.8. The van der Waals surface area contributed by atoms with E-state index in [-0.39, 0.29) is 5.56 Å². The molecular formula is C15H11F2N3S2. The standard InChI is InChI=1S/C15H11F2N3S2/c1-14(2)15(16,17)9-4-6-21-12(9)11(18-14)10-7-8-3-5-22-13(8)20-19-10/h3-7H,1-2H3. The second kappa shape index (κ2) is 4.39. The third-order valence-electron chi connectivity index (χ3n) is 3.84. The Labute approximate surface area is 133 Å². The summed E-state index contributed by atoms with van der Waals surface area (Å²) in [4.78, 5) is 5.63. The lowest BCUT2D eigenvalue weighted by Gasteiger charge is -2.35. The Morgan fingerprint density at radius 2 is 1.82 bits per heavy atom. The van der Waals surface area contributed by atoms with Gasteiger partial charge in [0.15, 0.2) is 0 Å². The van der Waals surface area contributed by atoms with Crippen LogP contribution in [0.2, 0.25) is 0 Å². The number of fused-ring (bicyclic) bond motifs is 2. The molecule has 0 N–H and O–H groups in total. The average molecular weight is 335 g/mol. The predicted octanol–water partition coefficient (Wildman–Crippen LogP) is 4.47. The molecule has 112 valence electrons. The number of nitrogens with zero attached hydrogens (tertiary/aromatic N) is 3. The van der Waals surface area contributed by atoms with Crippen LogP contribution in [-0.2, 0) is 5.92 Å². The van der Waals surface area contributed by atoms with Crippen LogP contribution in [0.15, 0.2) is 34.0 Å². The lowest BCUT2D eigenvalue weighted by molar-refractivity contribution is -0.0677. The largest absolute Gasteiger partial charge is 0.298 e. The normalized spacial score (nSPS) is 19.0. The van der Waals surface area contributed by atoms with Gasteiger partial charge in [-0.1, -0.05) is 0 Å². The second-order valence-corrected chi connectivity index (χ2v) is 7.48. The smallest absolute Gasteiger partial charge is 0.269 e. The first-order valence-electron chi connectivity index (χ1n) is 6.67. The minimum atomic E-state index is -2.99. The topological polar surface area (TPSA) is 38.1 Å². The van der Waals surface area contributed by atoms with E-state index in [0.717, 1.165) is 10.2 Å². The molecule has 0 fully saturated rings. The van der Waals surface area contributed by atoms with Crippen LogP contribution in [0.1, 0.15) is 30.0 Å². The Hall–Kier alpha value is -1.73. The molecule has 3 aromatic heterocycles. The van der Waals surface area contributed by atoms with Crippen LogP contribution in [0.3, 0.4) is 0 Å². The van der Waals surface area contributed by atoms with Crippen molar-refractivity contribution in [1.82, 2.24) is 10.2 Å². The molecule has 0 bridgehead atoms. The molecule has 0 radical (unpaired) electrons. The van der Waals surface area contributed by atoms with Gasteiger partial charge < -0.3 is 0 Å². The van der Waals surface area contributed by atoms with E-state index in [9.17, 15) is 8.78 Å². The molecule has 0 saturated carbocycles. The van der Waals surface area contributed by atoms with Gasteiger partial charge in [0, 0.05) is 10.9 Å². The Bertz CT molecular complexity index is 908. The summed E-state index contributed by atoms with van der Waals surface area (Å²) in [5.41, 5.74) is -0.443. The molecular weight excluding hydrogens is 324 g/mol. The number of aromatic nitrogens is 2. The fraction of sp³-hybridized carbons (Fsp3) is 0.267. The molecule has 0 unspecified atom stereocenters. The minimum Gasteiger partial charge on any atom is -0.269 e. The van der Waals surface area contributed by atoms with Crippen LogP contribution in [0, 0.1) is 0 Å². The van der Waals surface area contributed by atoms with Crippen LogP contribution in [-0.4, -0.2) is 21.4 Å². The summed E-state index contributed by atoms with van der Waals surface area (Å²) in [5, 5.41) is 12.9. The van der Waals surface area contributed by atoms with E-state index in [0.29, 0.717) is 16.3 Å². The number of rotatable bonds is 1. The van der Waals surface area contributed by atoms with E-state index in [1.807, 2.05) is 17.5 Å². The van der Waals surface area contributed by atoms with Crippen molar-refractivity contribution < 1.29 is 8.78 Å². The third kappa shape index (κ3) is 1.78. The zero-order valence-corrected chi connectivity index (χ0v) is 13.4. The number of halogens is 2. The predicted molar refractivity (Wildman–Crippen MR) is 85.3 cm³/mol. The van der Waals surface area contributed by atoms with E-state index in [4.69, 9.17) is 0 Å². The van der Waals surface area contributed by atoms with E-state index in [2.05, 4.69) is 15.2 Å². The molecule has 3 aromatic rings. The van der Waals surface area contributed by atoms with E-state index in [1.165, 1.54) is 42.6 Å². The Morgan fingerprint density at radius 1 is 1.05 bits per heavy atom. The quantitative estimate of drug-likeness (QED) is 0.658. The van der Waals surface area contributed by atoms with Gasteiger partial charge in [-0.3, -0.25) is 4.99 Å². The fourth-order valence-corrected chi connectivity index (χ4v) is 4.16. The van der Waals surface area contributed by atoms with Crippen molar-refractivity contribution in [2.75, 3.05) is 0 Å². The van der Waals surface area contributed by atoms with Gasteiger partial charge >= 0.3 is 0 Å². The van der Waals surface area contributed by atoms with Gasteiger partial charge in [-0.05, 0) is 42.8 Å². The van der Waals surface area contributed by atoms with Crippen LogP contribution in [0.5, 0.6) is 0 Å². The Morgan fingerprint density at radius 3 is 2.64 bits per heavy atom. The number of alkyl halides is 2. The van der Waals surface area contributed by atoms with Gasteiger partial charge in [0.05, 0.1) is 4.88 Å². The highest BCUT2D eigenvalue weighted by Gasteiger charge is 2.53. The fourth-order valence-electron chi connectivity index (χ4n) is 2.54. The van der Waals surface area contributed by atoms with Crippen molar-refractivity contribution in [3.63, 3.8) is 0 Å². The zero-order chi connectivity index (χ0) is 15.5. The maximum absolute atomic E-state index is 14.6. The molecule has 0 amide bonds. The van der Waals surface area contributed by atoms with Gasteiger partial charge in [-0.25, -0.2) is 0 Å². The highest BCUT2D eigenvalue weighted by Crippen LogP contribution is 2.48. The molecule has 7 heteroatoms. The van der Waals surface area contributed by atoms with E-state index in [1.54, 1.807) is 5.38 Å². The third-order valence-corrected chi connectivity index (χ3v) is 5.57. The first kappa shape index (κ1) is 13.9. The Balaban J connectivity index is 1.96. The molecule has 0 spiro atoms. The van der Waals surface area contributed by atoms with Gasteiger partial charge in [-0.2, -0.15) is 8.78 Å². The van der Waals surface area contributed by atoms with Crippen molar-refractivity contribution >= 4 is 38.6 Å². The summed E-state index contributed by atoms with van der Waals surface area (Å²) in [7, 11) is 0. The number of thiophene rings is 2. The van der Waals surface area contributed by atoms with Gasteiger partial charge in [-0.15, -0.1) is 32.9 Å². The van der Waals surface area contributed by atoms with Crippen LogP contribution < -0.4 is 0 Å². The highest BCUT2D eigenvalue weighted by atomic mass is 32.1. The molecule has 0 aliphatic carbocycles. The van der Waals surface area contributed by atoms with Gasteiger partial charge in [0.1, 0.15) is 21.8 Å². The molecule has 1 aliphatic rings. The van der Waals surface area contributed by atoms with Crippen LogP contribution >= 0.6 is 22.7 Å². The summed E-state index contributed by atoms with van der Waals surface area (Å²) in [6, 6.07) is 5.28. The first-order chi connectivity index (χ1) is 10.4. The average Bonchev–Trinajstić information content (AvgIpc) is 3.11. The van der Waals surface area contributed by atoms with Crippen molar-refractivity contribution in [1.29, 1.82) is 0 Å². The number of hydrogen-bond acceptors (Lipinski definition) is 5.